The van der Waals surface area contributed by atoms with Crippen LogP contribution in [0.4, 0.5) is 22.0 Å². The van der Waals surface area contributed by atoms with Crippen molar-refractivity contribution in [1.29, 1.82) is 5.26 Å². The van der Waals surface area contributed by atoms with E-state index in [2.05, 4.69) is 14.5 Å². The standard InChI is InChI=1S/C10H7F5N2O2/c1-18-9-7(19-10(13,14)15)4-5(8(11)12)6(17-9)2-3-16/h4,8H,2H2,1H3. The molecule has 0 saturated carbocycles. The lowest BCUT2D eigenvalue weighted by Crippen LogP contribution is -2.18. The molecule has 0 bridgehead atoms. The van der Waals surface area contributed by atoms with Crippen LogP contribution in [0.3, 0.4) is 0 Å². The molecule has 0 aromatic carbocycles. The average Bonchev–Trinajstić information content (AvgIpc) is 2.28. The van der Waals surface area contributed by atoms with Crippen LogP contribution in [0, 0.1) is 11.3 Å². The maximum Gasteiger partial charge on any atom is 0.573 e. The molecule has 4 nitrogen and oxygen atoms in total. The van der Waals surface area contributed by atoms with E-state index in [0.717, 1.165) is 7.11 Å². The van der Waals surface area contributed by atoms with Gasteiger partial charge in [0.1, 0.15) is 0 Å². The van der Waals surface area contributed by atoms with Crippen LogP contribution in [0.2, 0.25) is 0 Å². The van der Waals surface area contributed by atoms with Gasteiger partial charge in [-0.15, -0.1) is 13.2 Å². The van der Waals surface area contributed by atoms with E-state index in [9.17, 15) is 22.0 Å². The van der Waals surface area contributed by atoms with Gasteiger partial charge in [-0.3, -0.25) is 0 Å². The lowest BCUT2D eigenvalue weighted by atomic mass is 10.1. The topological polar surface area (TPSA) is 55.1 Å². The smallest absolute Gasteiger partial charge is 0.478 e. The predicted molar refractivity (Wildman–Crippen MR) is 51.7 cm³/mol. The fourth-order valence-corrected chi connectivity index (χ4v) is 1.28. The number of pyridine rings is 1. The Balaban J connectivity index is 3.32. The Morgan fingerprint density at radius 2 is 2.05 bits per heavy atom. The van der Waals surface area contributed by atoms with Crippen molar-refractivity contribution < 1.29 is 31.4 Å². The zero-order valence-corrected chi connectivity index (χ0v) is 9.46. The molecule has 0 atom stereocenters. The molecule has 0 radical (unpaired) electrons. The highest BCUT2D eigenvalue weighted by Gasteiger charge is 2.34. The third-order valence-corrected chi connectivity index (χ3v) is 1.97. The van der Waals surface area contributed by atoms with Gasteiger partial charge in [0, 0.05) is 5.56 Å². The first kappa shape index (κ1) is 14.9. The van der Waals surface area contributed by atoms with Crippen molar-refractivity contribution in [2.24, 2.45) is 0 Å². The molecule has 0 unspecified atom stereocenters. The fraction of sp³-hybridized carbons (Fsp3) is 0.400. The van der Waals surface area contributed by atoms with Gasteiger partial charge in [-0.05, 0) is 6.07 Å². The Morgan fingerprint density at radius 1 is 1.42 bits per heavy atom. The number of methoxy groups -OCH3 is 1. The molecule has 0 spiro atoms. The van der Waals surface area contributed by atoms with E-state index in [0.29, 0.717) is 6.07 Å². The van der Waals surface area contributed by atoms with Crippen molar-refractivity contribution in [1.82, 2.24) is 4.98 Å². The second-order valence-electron chi connectivity index (χ2n) is 3.22. The van der Waals surface area contributed by atoms with E-state index >= 15 is 0 Å². The molecular weight excluding hydrogens is 275 g/mol. The van der Waals surface area contributed by atoms with E-state index < -0.39 is 36.4 Å². The number of nitriles is 1. The summed E-state index contributed by atoms with van der Waals surface area (Å²) in [5.41, 5.74) is -1.16. The minimum absolute atomic E-state index is 0.358. The molecule has 1 aromatic heterocycles. The summed E-state index contributed by atoms with van der Waals surface area (Å²) in [7, 11) is 1.00. The van der Waals surface area contributed by atoms with Gasteiger partial charge >= 0.3 is 6.36 Å². The number of hydrogen-bond acceptors (Lipinski definition) is 4. The van der Waals surface area contributed by atoms with Crippen LogP contribution in [0.25, 0.3) is 0 Å². The van der Waals surface area contributed by atoms with Gasteiger partial charge in [-0.1, -0.05) is 0 Å². The summed E-state index contributed by atoms with van der Waals surface area (Å²) in [4.78, 5) is 3.44. The monoisotopic (exact) mass is 282 g/mol. The summed E-state index contributed by atoms with van der Waals surface area (Å²) in [5.74, 6) is -1.60. The molecule has 0 saturated heterocycles. The third-order valence-electron chi connectivity index (χ3n) is 1.97. The third kappa shape index (κ3) is 3.94. The highest BCUT2D eigenvalue weighted by molar-refractivity contribution is 5.41. The van der Waals surface area contributed by atoms with Gasteiger partial charge in [0.25, 0.3) is 12.3 Å². The first-order chi connectivity index (χ1) is 8.78. The summed E-state index contributed by atoms with van der Waals surface area (Å²) in [6.07, 6.45) is -8.63. The van der Waals surface area contributed by atoms with E-state index in [1.807, 2.05) is 0 Å². The zero-order valence-electron chi connectivity index (χ0n) is 9.46. The molecule has 19 heavy (non-hydrogen) atoms. The van der Waals surface area contributed by atoms with Crippen molar-refractivity contribution in [2.45, 2.75) is 19.2 Å². The Kier molecular flexibility index (Phi) is 4.47. The highest BCUT2D eigenvalue weighted by Crippen LogP contribution is 2.35. The van der Waals surface area contributed by atoms with Crippen LogP contribution in [0.1, 0.15) is 17.7 Å². The molecular formula is C10H7F5N2O2. The molecule has 9 heteroatoms. The molecule has 0 amide bonds. The summed E-state index contributed by atoms with van der Waals surface area (Å²) in [5, 5.41) is 8.46. The summed E-state index contributed by atoms with van der Waals surface area (Å²) in [6, 6.07) is 2.05. The Bertz CT molecular complexity index is 496. The Hall–Kier alpha value is -2.11. The first-order valence-electron chi connectivity index (χ1n) is 4.77. The predicted octanol–water partition coefficient (Wildman–Crippen LogP) is 2.99. The lowest BCUT2D eigenvalue weighted by Gasteiger charge is -2.14. The number of aromatic nitrogens is 1. The molecule has 1 aromatic rings. The second-order valence-corrected chi connectivity index (χ2v) is 3.22. The van der Waals surface area contributed by atoms with E-state index in [1.54, 1.807) is 6.07 Å². The number of halogens is 5. The van der Waals surface area contributed by atoms with Crippen LogP contribution in [0.15, 0.2) is 6.07 Å². The SMILES string of the molecule is COc1nc(CC#N)c(C(F)F)cc1OC(F)(F)F. The van der Waals surface area contributed by atoms with Crippen LogP contribution in [-0.2, 0) is 6.42 Å². The Labute approximate surface area is 104 Å². The van der Waals surface area contributed by atoms with Crippen LogP contribution < -0.4 is 9.47 Å². The molecule has 104 valence electrons. The van der Waals surface area contributed by atoms with E-state index in [1.165, 1.54) is 0 Å². The molecule has 0 fully saturated rings. The number of rotatable bonds is 4. The van der Waals surface area contributed by atoms with Crippen molar-refractivity contribution in [3.05, 3.63) is 17.3 Å². The van der Waals surface area contributed by atoms with Gasteiger partial charge in [-0.25, -0.2) is 13.8 Å². The van der Waals surface area contributed by atoms with Crippen molar-refractivity contribution >= 4 is 0 Å². The van der Waals surface area contributed by atoms with E-state index in [-0.39, 0.29) is 5.69 Å². The number of hydrogen-bond donors (Lipinski definition) is 0. The van der Waals surface area contributed by atoms with Crippen molar-refractivity contribution in [3.63, 3.8) is 0 Å². The lowest BCUT2D eigenvalue weighted by molar-refractivity contribution is -0.275. The second kappa shape index (κ2) is 5.69. The number of alkyl halides is 5. The molecule has 0 aliphatic heterocycles. The van der Waals surface area contributed by atoms with Gasteiger partial charge in [0.05, 0.1) is 25.3 Å². The fourth-order valence-electron chi connectivity index (χ4n) is 1.28. The van der Waals surface area contributed by atoms with Gasteiger partial charge in [0.15, 0.2) is 5.75 Å². The van der Waals surface area contributed by atoms with Crippen LogP contribution in [0.5, 0.6) is 11.6 Å². The highest BCUT2D eigenvalue weighted by atomic mass is 19.4. The number of ether oxygens (including phenoxy) is 2. The van der Waals surface area contributed by atoms with E-state index in [4.69, 9.17) is 5.26 Å². The van der Waals surface area contributed by atoms with Gasteiger partial charge in [0.2, 0.25) is 0 Å². The van der Waals surface area contributed by atoms with Crippen molar-refractivity contribution in [2.75, 3.05) is 7.11 Å². The normalized spacial score (nSPS) is 11.3. The van der Waals surface area contributed by atoms with Crippen LogP contribution in [-0.4, -0.2) is 18.5 Å². The number of nitrogens with zero attached hydrogens (tertiary/aromatic N) is 2. The molecule has 1 rings (SSSR count). The molecule has 0 aliphatic rings. The maximum absolute atomic E-state index is 12.7. The average molecular weight is 282 g/mol. The minimum Gasteiger partial charge on any atom is -0.478 e. The minimum atomic E-state index is -5.06. The first-order valence-corrected chi connectivity index (χ1v) is 4.77. The molecule has 1 heterocycles. The maximum atomic E-state index is 12.7. The molecule has 0 aliphatic carbocycles. The van der Waals surface area contributed by atoms with Gasteiger partial charge in [-0.2, -0.15) is 5.26 Å². The van der Waals surface area contributed by atoms with Crippen LogP contribution >= 0.6 is 0 Å². The van der Waals surface area contributed by atoms with Crippen molar-refractivity contribution in [3.8, 4) is 17.7 Å². The largest absolute Gasteiger partial charge is 0.573 e. The quantitative estimate of drug-likeness (QED) is 0.797. The summed E-state index contributed by atoms with van der Waals surface area (Å²) < 4.78 is 69.7. The Morgan fingerprint density at radius 3 is 2.47 bits per heavy atom. The summed E-state index contributed by atoms with van der Waals surface area (Å²) in [6.45, 7) is 0. The summed E-state index contributed by atoms with van der Waals surface area (Å²) >= 11 is 0. The molecule has 0 N–H and O–H groups in total. The zero-order chi connectivity index (χ0) is 14.6. The van der Waals surface area contributed by atoms with Gasteiger partial charge < -0.3 is 9.47 Å².